The summed E-state index contributed by atoms with van der Waals surface area (Å²) in [5.41, 5.74) is 0.271. The third kappa shape index (κ3) is 2.82. The van der Waals surface area contributed by atoms with E-state index in [9.17, 15) is 12.8 Å². The highest BCUT2D eigenvalue weighted by Crippen LogP contribution is 2.28. The average molecular weight is 381 g/mol. The first-order chi connectivity index (χ1) is 10.5. The fourth-order valence-corrected chi connectivity index (χ4v) is 3.99. The van der Waals surface area contributed by atoms with Gasteiger partial charge in [-0.05, 0) is 46.3 Å². The van der Waals surface area contributed by atoms with Crippen molar-refractivity contribution in [3.8, 4) is 0 Å². The van der Waals surface area contributed by atoms with Gasteiger partial charge in [-0.2, -0.15) is 0 Å². The van der Waals surface area contributed by atoms with Crippen LogP contribution in [0.5, 0.6) is 0 Å². The molecule has 0 bridgehead atoms. The molecule has 0 aliphatic rings. The molecule has 3 rings (SSSR count). The zero-order chi connectivity index (χ0) is 15.7. The van der Waals surface area contributed by atoms with Crippen LogP contribution in [0.2, 0.25) is 0 Å². The molecular formula is C15H10BrFN2O2S. The van der Waals surface area contributed by atoms with Crippen LogP contribution in [0.1, 0.15) is 0 Å². The summed E-state index contributed by atoms with van der Waals surface area (Å²) in [6.07, 6.45) is 3.14. The van der Waals surface area contributed by atoms with Crippen LogP contribution >= 0.6 is 15.9 Å². The minimum absolute atomic E-state index is 0.142. The van der Waals surface area contributed by atoms with Gasteiger partial charge in [-0.25, -0.2) is 12.8 Å². The van der Waals surface area contributed by atoms with Crippen molar-refractivity contribution in [3.63, 3.8) is 0 Å². The van der Waals surface area contributed by atoms with Crippen molar-refractivity contribution in [2.45, 2.75) is 4.90 Å². The fourth-order valence-electron chi connectivity index (χ4n) is 2.10. The number of benzene rings is 2. The quantitative estimate of drug-likeness (QED) is 0.748. The highest BCUT2D eigenvalue weighted by atomic mass is 79.9. The van der Waals surface area contributed by atoms with E-state index >= 15 is 0 Å². The van der Waals surface area contributed by atoms with Crippen LogP contribution in [0.3, 0.4) is 0 Å². The summed E-state index contributed by atoms with van der Waals surface area (Å²) < 4.78 is 41.1. The van der Waals surface area contributed by atoms with Gasteiger partial charge in [-0.1, -0.05) is 12.1 Å². The lowest BCUT2D eigenvalue weighted by atomic mass is 10.2. The van der Waals surface area contributed by atoms with E-state index < -0.39 is 15.8 Å². The number of pyridine rings is 1. The van der Waals surface area contributed by atoms with Gasteiger partial charge in [0.05, 0.1) is 10.6 Å². The summed E-state index contributed by atoms with van der Waals surface area (Å²) in [4.78, 5) is 4.12. The lowest BCUT2D eigenvalue weighted by Gasteiger charge is -2.11. The molecule has 0 aliphatic carbocycles. The van der Waals surface area contributed by atoms with Crippen molar-refractivity contribution >= 4 is 42.4 Å². The van der Waals surface area contributed by atoms with E-state index in [4.69, 9.17) is 0 Å². The number of rotatable bonds is 3. The summed E-state index contributed by atoms with van der Waals surface area (Å²) in [5, 5.41) is 1.30. The lowest BCUT2D eigenvalue weighted by molar-refractivity contribution is 0.601. The molecule has 0 saturated carbocycles. The maximum Gasteiger partial charge on any atom is 0.262 e. The summed E-state index contributed by atoms with van der Waals surface area (Å²) >= 11 is 3.15. The number of hydrogen-bond donors (Lipinski definition) is 1. The topological polar surface area (TPSA) is 59.1 Å². The van der Waals surface area contributed by atoms with Gasteiger partial charge >= 0.3 is 0 Å². The van der Waals surface area contributed by atoms with Crippen molar-refractivity contribution in [2.75, 3.05) is 4.72 Å². The van der Waals surface area contributed by atoms with Gasteiger partial charge < -0.3 is 0 Å². The van der Waals surface area contributed by atoms with Crippen LogP contribution in [-0.2, 0) is 10.0 Å². The van der Waals surface area contributed by atoms with E-state index in [-0.39, 0.29) is 10.6 Å². The molecule has 1 N–H and O–H groups in total. The molecule has 4 nitrogen and oxygen atoms in total. The number of halogens is 2. The summed E-state index contributed by atoms with van der Waals surface area (Å²) in [6.45, 7) is 0. The minimum atomic E-state index is -3.81. The molecule has 0 radical (unpaired) electrons. The largest absolute Gasteiger partial charge is 0.278 e. The Kier molecular flexibility index (Phi) is 3.84. The van der Waals surface area contributed by atoms with Crippen molar-refractivity contribution in [1.82, 2.24) is 4.98 Å². The Bertz CT molecular complexity index is 955. The molecule has 0 aliphatic heterocycles. The molecule has 0 unspecified atom stereocenters. The molecule has 1 heterocycles. The van der Waals surface area contributed by atoms with Crippen molar-refractivity contribution in [2.24, 2.45) is 0 Å². The summed E-state index contributed by atoms with van der Waals surface area (Å²) in [6, 6.07) is 10.4. The Morgan fingerprint density at radius 3 is 2.73 bits per heavy atom. The molecule has 22 heavy (non-hydrogen) atoms. The predicted molar refractivity (Wildman–Crippen MR) is 86.7 cm³/mol. The molecule has 2 aromatic carbocycles. The Morgan fingerprint density at radius 2 is 1.95 bits per heavy atom. The van der Waals surface area contributed by atoms with Gasteiger partial charge in [0, 0.05) is 27.6 Å². The predicted octanol–water partition coefficient (Wildman–Crippen LogP) is 3.94. The zero-order valence-corrected chi connectivity index (χ0v) is 13.5. The second-order valence-corrected chi connectivity index (χ2v) is 7.09. The highest BCUT2D eigenvalue weighted by molar-refractivity contribution is 9.10. The Hall–Kier alpha value is -1.99. The number of nitrogens with one attached hydrogen (secondary N) is 1. The normalized spacial score (nSPS) is 11.5. The van der Waals surface area contributed by atoms with Crippen LogP contribution in [0.25, 0.3) is 10.8 Å². The Labute approximate surface area is 135 Å². The zero-order valence-electron chi connectivity index (χ0n) is 11.1. The monoisotopic (exact) mass is 380 g/mol. The van der Waals surface area contributed by atoms with E-state index in [2.05, 4.69) is 25.6 Å². The van der Waals surface area contributed by atoms with Crippen molar-refractivity contribution in [3.05, 3.63) is 65.1 Å². The molecule has 112 valence electrons. The molecule has 0 atom stereocenters. The number of fused-ring (bicyclic) bond motifs is 1. The second-order valence-electron chi connectivity index (χ2n) is 4.58. The third-order valence-corrected chi connectivity index (χ3v) is 5.19. The molecule has 0 spiro atoms. The van der Waals surface area contributed by atoms with Crippen LogP contribution < -0.4 is 4.72 Å². The Morgan fingerprint density at radius 1 is 1.14 bits per heavy atom. The second kappa shape index (κ2) is 5.66. The maximum atomic E-state index is 13.1. The molecule has 0 amide bonds. The number of aromatic nitrogens is 1. The van der Waals surface area contributed by atoms with Gasteiger partial charge in [-0.3, -0.25) is 9.71 Å². The maximum absolute atomic E-state index is 13.1. The lowest BCUT2D eigenvalue weighted by Crippen LogP contribution is -2.13. The summed E-state index contributed by atoms with van der Waals surface area (Å²) in [5.74, 6) is -0.453. The van der Waals surface area contributed by atoms with Crippen LogP contribution in [-0.4, -0.2) is 13.4 Å². The number of anilines is 1. The van der Waals surface area contributed by atoms with E-state index in [0.717, 1.165) is 5.39 Å². The number of sulfonamides is 1. The van der Waals surface area contributed by atoms with Crippen LogP contribution in [0, 0.1) is 5.82 Å². The fraction of sp³-hybridized carbons (Fsp3) is 0. The number of hydrogen-bond acceptors (Lipinski definition) is 3. The summed E-state index contributed by atoms with van der Waals surface area (Å²) in [7, 11) is -3.81. The van der Waals surface area contributed by atoms with Crippen molar-refractivity contribution < 1.29 is 12.8 Å². The van der Waals surface area contributed by atoms with Crippen LogP contribution in [0.15, 0.2) is 64.2 Å². The third-order valence-electron chi connectivity index (χ3n) is 3.11. The van der Waals surface area contributed by atoms with Gasteiger partial charge in [0.2, 0.25) is 0 Å². The molecule has 1 aromatic heterocycles. The molecule has 7 heteroatoms. The van der Waals surface area contributed by atoms with Gasteiger partial charge in [0.25, 0.3) is 10.0 Å². The van der Waals surface area contributed by atoms with Crippen molar-refractivity contribution in [1.29, 1.82) is 0 Å². The first-order valence-corrected chi connectivity index (χ1v) is 8.55. The standard InChI is InChI=1S/C15H10BrFN2O2S/c16-13-8-11(17)4-5-14(13)19-22(20,21)15-3-1-2-10-9-18-7-6-12(10)15/h1-9,19H. The molecule has 3 aromatic rings. The first kappa shape index (κ1) is 14.9. The van der Waals surface area contributed by atoms with Gasteiger partial charge in [0.1, 0.15) is 5.82 Å². The molecule has 0 fully saturated rings. The average Bonchev–Trinajstić information content (AvgIpc) is 2.49. The smallest absolute Gasteiger partial charge is 0.262 e. The van der Waals surface area contributed by atoms with E-state index in [1.54, 1.807) is 24.4 Å². The van der Waals surface area contributed by atoms with Crippen LogP contribution in [0.4, 0.5) is 10.1 Å². The van der Waals surface area contributed by atoms with E-state index in [1.165, 1.54) is 30.5 Å². The van der Waals surface area contributed by atoms with E-state index in [0.29, 0.717) is 9.86 Å². The SMILES string of the molecule is O=S(=O)(Nc1ccc(F)cc1Br)c1cccc2cnccc12. The first-order valence-electron chi connectivity index (χ1n) is 6.28. The molecular weight excluding hydrogens is 371 g/mol. The highest BCUT2D eigenvalue weighted by Gasteiger charge is 2.18. The van der Waals surface area contributed by atoms with E-state index in [1.807, 2.05) is 0 Å². The number of nitrogens with zero attached hydrogens (tertiary/aromatic N) is 1. The molecule has 0 saturated heterocycles. The van der Waals surface area contributed by atoms with Gasteiger partial charge in [0.15, 0.2) is 0 Å². The minimum Gasteiger partial charge on any atom is -0.278 e. The van der Waals surface area contributed by atoms with Gasteiger partial charge in [-0.15, -0.1) is 0 Å². The Balaban J connectivity index is 2.09.